The third-order valence-electron chi connectivity index (χ3n) is 1.86. The van der Waals surface area contributed by atoms with E-state index in [1.54, 1.807) is 0 Å². The van der Waals surface area contributed by atoms with Crippen molar-refractivity contribution in [3.63, 3.8) is 0 Å². The van der Waals surface area contributed by atoms with Gasteiger partial charge in [0.1, 0.15) is 5.02 Å². The number of hydrazine groups is 1. The molecule has 114 valence electrons. The Bertz CT molecular complexity index is 478. The van der Waals surface area contributed by atoms with Gasteiger partial charge in [-0.25, -0.2) is 5.84 Å². The van der Waals surface area contributed by atoms with Gasteiger partial charge in [-0.05, 0) is 6.07 Å². The summed E-state index contributed by atoms with van der Waals surface area (Å²) < 4.78 is 77.7. The molecule has 4 nitrogen and oxygen atoms in total. The zero-order chi connectivity index (χ0) is 15.7. The van der Waals surface area contributed by atoms with Crippen LogP contribution in [0.2, 0.25) is 10.0 Å². The van der Waals surface area contributed by atoms with E-state index >= 15 is 0 Å². The Morgan fingerprint density at radius 1 is 1.10 bits per heavy atom. The number of aromatic nitrogens is 1. The molecule has 0 atom stereocenters. The average Bonchev–Trinajstić information content (AvgIpc) is 2.24. The van der Waals surface area contributed by atoms with Crippen molar-refractivity contribution in [3.05, 3.63) is 16.1 Å². The number of nitrogen functional groups attached to an aromatic ring is 1. The molecule has 12 heteroatoms. The molecular weight excluding hydrogens is 339 g/mol. The SMILES string of the molecule is NNc1nc(OC(C(F)(F)F)C(F)(F)F)c(Cl)cc1Cl. The topological polar surface area (TPSA) is 60.2 Å². The molecule has 1 aromatic rings. The number of nitrogens with one attached hydrogen (secondary N) is 1. The number of hydrogen-bond donors (Lipinski definition) is 2. The van der Waals surface area contributed by atoms with E-state index in [1.165, 1.54) is 0 Å². The minimum Gasteiger partial charge on any atom is -0.454 e. The summed E-state index contributed by atoms with van der Waals surface area (Å²) in [7, 11) is 0. The summed E-state index contributed by atoms with van der Waals surface area (Å²) in [6.45, 7) is 0. The molecule has 1 aromatic heterocycles. The molecule has 0 fully saturated rings. The van der Waals surface area contributed by atoms with E-state index in [9.17, 15) is 26.3 Å². The number of rotatable bonds is 3. The summed E-state index contributed by atoms with van der Waals surface area (Å²) in [5.74, 6) is 3.43. The van der Waals surface area contributed by atoms with Gasteiger partial charge in [0.15, 0.2) is 5.82 Å². The van der Waals surface area contributed by atoms with Crippen LogP contribution in [0.4, 0.5) is 32.2 Å². The van der Waals surface area contributed by atoms with Gasteiger partial charge in [-0.1, -0.05) is 23.2 Å². The van der Waals surface area contributed by atoms with Crippen molar-refractivity contribution in [1.82, 2.24) is 4.98 Å². The molecule has 0 radical (unpaired) electrons. The van der Waals surface area contributed by atoms with E-state index in [0.717, 1.165) is 6.07 Å². The molecule has 0 aliphatic heterocycles. The van der Waals surface area contributed by atoms with Crippen molar-refractivity contribution in [2.75, 3.05) is 5.43 Å². The molecule has 3 N–H and O–H groups in total. The maximum absolute atomic E-state index is 12.3. The molecule has 0 unspecified atom stereocenters. The summed E-state index contributed by atoms with van der Waals surface area (Å²) in [6, 6.07) is 0.838. The molecule has 0 spiro atoms. The zero-order valence-electron chi connectivity index (χ0n) is 9.11. The maximum atomic E-state index is 12.3. The van der Waals surface area contributed by atoms with Crippen LogP contribution in [0.15, 0.2) is 6.07 Å². The molecule has 0 amide bonds. The Labute approximate surface area is 117 Å². The van der Waals surface area contributed by atoms with Crippen molar-refractivity contribution >= 4 is 29.0 Å². The van der Waals surface area contributed by atoms with Crippen molar-refractivity contribution in [2.45, 2.75) is 18.5 Å². The van der Waals surface area contributed by atoms with Crippen molar-refractivity contribution in [3.8, 4) is 5.88 Å². The van der Waals surface area contributed by atoms with Gasteiger partial charge in [-0.2, -0.15) is 31.3 Å². The minimum absolute atomic E-state index is 0.208. The summed E-state index contributed by atoms with van der Waals surface area (Å²) in [5.41, 5.74) is 1.87. The second kappa shape index (κ2) is 5.70. The molecule has 0 aromatic carbocycles. The van der Waals surface area contributed by atoms with Gasteiger partial charge in [0.2, 0.25) is 5.88 Å². The first-order valence-electron chi connectivity index (χ1n) is 4.59. The van der Waals surface area contributed by atoms with E-state index < -0.39 is 35.2 Å². The lowest BCUT2D eigenvalue weighted by atomic mass is 10.3. The number of hydrogen-bond acceptors (Lipinski definition) is 4. The molecule has 20 heavy (non-hydrogen) atoms. The van der Waals surface area contributed by atoms with Crippen LogP contribution in [0.25, 0.3) is 0 Å². The summed E-state index contributed by atoms with van der Waals surface area (Å²) in [4.78, 5) is 3.23. The van der Waals surface area contributed by atoms with E-state index in [2.05, 4.69) is 9.72 Å². The number of anilines is 1. The quantitative estimate of drug-likeness (QED) is 0.500. The highest BCUT2D eigenvalue weighted by molar-refractivity contribution is 6.36. The number of halogens is 8. The highest BCUT2D eigenvalue weighted by Crippen LogP contribution is 2.39. The molecule has 0 bridgehead atoms. The van der Waals surface area contributed by atoms with Crippen LogP contribution >= 0.6 is 23.2 Å². The lowest BCUT2D eigenvalue weighted by Crippen LogP contribution is -2.46. The van der Waals surface area contributed by atoms with Crippen LogP contribution in [0.1, 0.15) is 0 Å². The van der Waals surface area contributed by atoms with E-state index in [0.29, 0.717) is 0 Å². The van der Waals surface area contributed by atoms with Gasteiger partial charge in [0.25, 0.3) is 6.10 Å². The number of nitrogens with zero attached hydrogens (tertiary/aromatic N) is 1. The third kappa shape index (κ3) is 3.93. The predicted molar refractivity (Wildman–Crippen MR) is 58.6 cm³/mol. The lowest BCUT2D eigenvalue weighted by Gasteiger charge is -2.23. The zero-order valence-corrected chi connectivity index (χ0v) is 10.6. The predicted octanol–water partition coefficient (Wildman–Crippen LogP) is 3.55. The number of ether oxygens (including phenoxy) is 1. The Morgan fingerprint density at radius 2 is 1.60 bits per heavy atom. The second-order valence-corrected chi connectivity index (χ2v) is 4.15. The first-order valence-corrected chi connectivity index (χ1v) is 5.35. The van der Waals surface area contributed by atoms with Crippen LogP contribution in [-0.4, -0.2) is 23.4 Å². The van der Waals surface area contributed by atoms with Crippen LogP contribution in [0.3, 0.4) is 0 Å². The molecular formula is C8H5Cl2F6N3O. The molecule has 1 heterocycles. The largest absolute Gasteiger partial charge is 0.454 e. The van der Waals surface area contributed by atoms with Crippen LogP contribution in [0.5, 0.6) is 5.88 Å². The molecule has 1 rings (SSSR count). The number of pyridine rings is 1. The number of nitrogens with two attached hydrogens (primary N) is 1. The van der Waals surface area contributed by atoms with Crippen molar-refractivity contribution < 1.29 is 31.1 Å². The van der Waals surface area contributed by atoms with Crippen LogP contribution in [-0.2, 0) is 0 Å². The Balaban J connectivity index is 3.19. The van der Waals surface area contributed by atoms with Gasteiger partial charge in [-0.15, -0.1) is 0 Å². The van der Waals surface area contributed by atoms with Crippen LogP contribution < -0.4 is 16.0 Å². The fraction of sp³-hybridized carbons (Fsp3) is 0.375. The first kappa shape index (κ1) is 16.9. The highest BCUT2D eigenvalue weighted by atomic mass is 35.5. The average molecular weight is 344 g/mol. The van der Waals surface area contributed by atoms with Gasteiger partial charge >= 0.3 is 12.4 Å². The molecule has 0 aliphatic carbocycles. The molecule has 0 saturated carbocycles. The monoisotopic (exact) mass is 343 g/mol. The van der Waals surface area contributed by atoms with E-state index in [1.807, 2.05) is 5.43 Å². The van der Waals surface area contributed by atoms with Gasteiger partial charge in [0, 0.05) is 0 Å². The highest BCUT2D eigenvalue weighted by Gasteiger charge is 2.59. The van der Waals surface area contributed by atoms with Gasteiger partial charge < -0.3 is 10.2 Å². The Kier molecular flexibility index (Phi) is 4.82. The van der Waals surface area contributed by atoms with Crippen molar-refractivity contribution in [1.29, 1.82) is 0 Å². The fourth-order valence-corrected chi connectivity index (χ4v) is 1.52. The van der Waals surface area contributed by atoms with Gasteiger partial charge in [-0.3, -0.25) is 0 Å². The summed E-state index contributed by atoms with van der Waals surface area (Å²) in [6.07, 6.45) is -15.5. The normalized spacial score (nSPS) is 12.7. The number of alkyl halides is 6. The Morgan fingerprint density at radius 3 is 2.00 bits per heavy atom. The van der Waals surface area contributed by atoms with Crippen molar-refractivity contribution in [2.24, 2.45) is 5.84 Å². The summed E-state index contributed by atoms with van der Waals surface area (Å²) in [5, 5.41) is -0.840. The summed E-state index contributed by atoms with van der Waals surface area (Å²) >= 11 is 11.0. The molecule has 0 saturated heterocycles. The maximum Gasteiger partial charge on any atom is 0.434 e. The fourth-order valence-electron chi connectivity index (χ4n) is 1.06. The minimum atomic E-state index is -5.70. The van der Waals surface area contributed by atoms with Gasteiger partial charge in [0.05, 0.1) is 5.02 Å². The smallest absolute Gasteiger partial charge is 0.434 e. The second-order valence-electron chi connectivity index (χ2n) is 3.33. The van der Waals surface area contributed by atoms with E-state index in [4.69, 9.17) is 29.0 Å². The third-order valence-corrected chi connectivity index (χ3v) is 2.42. The van der Waals surface area contributed by atoms with Crippen LogP contribution in [0, 0.1) is 0 Å². The lowest BCUT2D eigenvalue weighted by molar-refractivity contribution is -0.300. The standard InChI is InChI=1S/C8H5Cl2F6N3O/c9-2-1-3(10)5(18-4(2)19-17)20-6(7(11,12)13)8(14,15)16/h1,6H,17H2,(H,18,19). The molecule has 0 aliphatic rings. The Hall–Kier alpha value is -1.13. The first-order chi connectivity index (χ1) is 8.96. The van der Waals surface area contributed by atoms with E-state index in [-0.39, 0.29) is 5.02 Å².